The molecular formula is C19H21N3O5. The molecule has 0 radical (unpaired) electrons. The molecule has 1 aliphatic rings. The molecule has 0 saturated heterocycles. The van der Waals surface area contributed by atoms with Crippen molar-refractivity contribution in [2.75, 3.05) is 13.7 Å². The summed E-state index contributed by atoms with van der Waals surface area (Å²) in [5.41, 5.74) is 1.32. The Hall–Kier alpha value is -3.16. The molecule has 0 unspecified atom stereocenters. The number of nitrogens with one attached hydrogen (secondary N) is 1. The van der Waals surface area contributed by atoms with Gasteiger partial charge in [0.15, 0.2) is 6.61 Å². The van der Waals surface area contributed by atoms with Crippen molar-refractivity contribution in [3.05, 3.63) is 68.2 Å². The number of aryl methyl sites for hydroxylation is 1. The maximum absolute atomic E-state index is 12.5. The second-order valence-corrected chi connectivity index (χ2v) is 6.51. The van der Waals surface area contributed by atoms with E-state index in [0.717, 1.165) is 41.6 Å². The van der Waals surface area contributed by atoms with Crippen LogP contribution in [0.2, 0.25) is 0 Å². The lowest BCUT2D eigenvalue weighted by atomic mass is 9.87. The number of aromatic nitrogens is 2. The van der Waals surface area contributed by atoms with Gasteiger partial charge in [-0.2, -0.15) is 0 Å². The van der Waals surface area contributed by atoms with Crippen molar-refractivity contribution >= 4 is 11.9 Å². The number of likely N-dealkylation sites (N-methyl/N-ethyl adjacent to an activating group) is 1. The molecule has 0 spiro atoms. The SMILES string of the molecule is CN(C(=O)COC(=O)Cn1[nH]c(=O)ccc1=O)[C@@H]1CCCc2ccccc21. The summed E-state index contributed by atoms with van der Waals surface area (Å²) >= 11 is 0. The van der Waals surface area contributed by atoms with Gasteiger partial charge in [-0.25, -0.2) is 4.68 Å². The van der Waals surface area contributed by atoms with Gasteiger partial charge in [0.2, 0.25) is 0 Å². The van der Waals surface area contributed by atoms with Crippen molar-refractivity contribution in [3.63, 3.8) is 0 Å². The molecule has 142 valence electrons. The van der Waals surface area contributed by atoms with Crippen molar-refractivity contribution in [2.24, 2.45) is 0 Å². The Balaban J connectivity index is 1.59. The molecule has 1 aliphatic carbocycles. The van der Waals surface area contributed by atoms with E-state index in [-0.39, 0.29) is 11.9 Å². The number of H-pyrrole nitrogens is 1. The van der Waals surface area contributed by atoms with Gasteiger partial charge in [0, 0.05) is 19.2 Å². The van der Waals surface area contributed by atoms with E-state index in [1.165, 1.54) is 5.56 Å². The summed E-state index contributed by atoms with van der Waals surface area (Å²) in [6, 6.07) is 10.1. The van der Waals surface area contributed by atoms with Crippen LogP contribution in [0.15, 0.2) is 46.0 Å². The van der Waals surface area contributed by atoms with Gasteiger partial charge in [0.05, 0.1) is 6.04 Å². The molecular weight excluding hydrogens is 350 g/mol. The number of fused-ring (bicyclic) bond motifs is 1. The highest BCUT2D eigenvalue weighted by Gasteiger charge is 2.26. The van der Waals surface area contributed by atoms with Crippen LogP contribution in [0.25, 0.3) is 0 Å². The van der Waals surface area contributed by atoms with Crippen LogP contribution in [0.1, 0.15) is 30.0 Å². The molecule has 1 aromatic heterocycles. The number of rotatable bonds is 5. The summed E-state index contributed by atoms with van der Waals surface area (Å²) in [5, 5.41) is 2.23. The number of nitrogens with zero attached hydrogens (tertiary/aromatic N) is 2. The van der Waals surface area contributed by atoms with Crippen LogP contribution in [-0.2, 0) is 27.3 Å². The minimum atomic E-state index is -0.773. The van der Waals surface area contributed by atoms with Gasteiger partial charge in [0.25, 0.3) is 17.0 Å². The highest BCUT2D eigenvalue weighted by Crippen LogP contribution is 2.33. The zero-order valence-electron chi connectivity index (χ0n) is 15.0. The first-order chi connectivity index (χ1) is 13.0. The van der Waals surface area contributed by atoms with Crippen LogP contribution >= 0.6 is 0 Å². The molecule has 0 fully saturated rings. The molecule has 1 heterocycles. The topological polar surface area (TPSA) is 101 Å². The molecule has 0 aliphatic heterocycles. The fourth-order valence-corrected chi connectivity index (χ4v) is 3.30. The average Bonchev–Trinajstić information content (AvgIpc) is 2.68. The van der Waals surface area contributed by atoms with Gasteiger partial charge in [0.1, 0.15) is 6.54 Å². The standard InChI is InChI=1S/C19H21N3O5/c1-21(15-8-4-6-13-5-2-3-7-14(13)15)18(25)12-27-19(26)11-22-17(24)10-9-16(23)20-22/h2-3,5,7,9-10,15H,4,6,8,11-12H2,1H3,(H,20,23)/t15-/m1/s1. The van der Waals surface area contributed by atoms with Crippen molar-refractivity contribution < 1.29 is 14.3 Å². The largest absolute Gasteiger partial charge is 0.454 e. The highest BCUT2D eigenvalue weighted by molar-refractivity contribution is 5.80. The van der Waals surface area contributed by atoms with Gasteiger partial charge >= 0.3 is 5.97 Å². The van der Waals surface area contributed by atoms with E-state index in [2.05, 4.69) is 11.2 Å². The summed E-state index contributed by atoms with van der Waals surface area (Å²) in [7, 11) is 1.70. The number of carbonyl (C=O) groups excluding carboxylic acids is 2. The van der Waals surface area contributed by atoms with Gasteiger partial charge in [-0.05, 0) is 30.4 Å². The van der Waals surface area contributed by atoms with Crippen LogP contribution in [0.5, 0.6) is 0 Å². The number of amides is 1. The Labute approximate surface area is 155 Å². The Morgan fingerprint density at radius 3 is 2.81 bits per heavy atom. The molecule has 27 heavy (non-hydrogen) atoms. The Kier molecular flexibility index (Phi) is 5.54. The van der Waals surface area contributed by atoms with E-state index >= 15 is 0 Å². The molecule has 1 atom stereocenters. The maximum Gasteiger partial charge on any atom is 0.328 e. The van der Waals surface area contributed by atoms with Gasteiger partial charge in [-0.1, -0.05) is 24.3 Å². The zero-order chi connectivity index (χ0) is 19.4. The first-order valence-electron chi connectivity index (χ1n) is 8.75. The first kappa shape index (κ1) is 18.6. The number of hydrogen-bond acceptors (Lipinski definition) is 5. The minimum absolute atomic E-state index is 0.0470. The second-order valence-electron chi connectivity index (χ2n) is 6.51. The van der Waals surface area contributed by atoms with E-state index in [0.29, 0.717) is 0 Å². The third kappa shape index (κ3) is 4.33. The number of aromatic amines is 1. The number of carbonyl (C=O) groups is 2. The van der Waals surface area contributed by atoms with Crippen LogP contribution < -0.4 is 11.1 Å². The third-order valence-electron chi connectivity index (χ3n) is 4.73. The lowest BCUT2D eigenvalue weighted by molar-refractivity contribution is -0.153. The van der Waals surface area contributed by atoms with Gasteiger partial charge in [-0.15, -0.1) is 0 Å². The summed E-state index contributed by atoms with van der Waals surface area (Å²) in [6.45, 7) is -0.877. The lowest BCUT2D eigenvalue weighted by Crippen LogP contribution is -2.37. The molecule has 1 amide bonds. The predicted octanol–water partition coefficient (Wildman–Crippen LogP) is 0.616. The van der Waals surface area contributed by atoms with Crippen molar-refractivity contribution in [1.82, 2.24) is 14.7 Å². The normalized spacial score (nSPS) is 15.7. The zero-order valence-corrected chi connectivity index (χ0v) is 15.0. The molecule has 1 N–H and O–H groups in total. The predicted molar refractivity (Wildman–Crippen MR) is 97.2 cm³/mol. The van der Waals surface area contributed by atoms with Crippen molar-refractivity contribution in [1.29, 1.82) is 0 Å². The average molecular weight is 371 g/mol. The fourth-order valence-electron chi connectivity index (χ4n) is 3.30. The molecule has 1 aromatic carbocycles. The van der Waals surface area contributed by atoms with Crippen LogP contribution in [0, 0.1) is 0 Å². The van der Waals surface area contributed by atoms with Crippen molar-refractivity contribution in [2.45, 2.75) is 31.8 Å². The molecule has 0 bridgehead atoms. The van der Waals surface area contributed by atoms with Crippen LogP contribution in [-0.4, -0.2) is 40.2 Å². The van der Waals surface area contributed by atoms with Gasteiger partial charge in [-0.3, -0.25) is 24.3 Å². The summed E-state index contributed by atoms with van der Waals surface area (Å²) in [4.78, 5) is 48.8. The smallest absolute Gasteiger partial charge is 0.328 e. The molecule has 2 aromatic rings. The molecule has 3 rings (SSSR count). The van der Waals surface area contributed by atoms with Gasteiger partial charge < -0.3 is 9.64 Å². The van der Waals surface area contributed by atoms with Crippen LogP contribution in [0.4, 0.5) is 0 Å². The Bertz CT molecular complexity index is 962. The molecule has 8 nitrogen and oxygen atoms in total. The van der Waals surface area contributed by atoms with Crippen LogP contribution in [0.3, 0.4) is 0 Å². The highest BCUT2D eigenvalue weighted by atomic mass is 16.5. The summed E-state index contributed by atoms with van der Waals surface area (Å²) < 4.78 is 5.83. The lowest BCUT2D eigenvalue weighted by Gasteiger charge is -2.33. The van der Waals surface area contributed by atoms with E-state index in [9.17, 15) is 19.2 Å². The van der Waals surface area contributed by atoms with Crippen molar-refractivity contribution in [3.8, 4) is 0 Å². The molecule has 0 saturated carbocycles. The minimum Gasteiger partial charge on any atom is -0.454 e. The second kappa shape index (κ2) is 8.03. The summed E-state index contributed by atoms with van der Waals surface area (Å²) in [6.07, 6.45) is 2.84. The van der Waals surface area contributed by atoms with E-state index in [1.807, 2.05) is 18.2 Å². The van der Waals surface area contributed by atoms with E-state index in [4.69, 9.17) is 4.74 Å². The first-order valence-corrected chi connectivity index (χ1v) is 8.75. The Morgan fingerprint density at radius 2 is 2.00 bits per heavy atom. The Morgan fingerprint density at radius 1 is 1.22 bits per heavy atom. The number of hydrogen-bond donors (Lipinski definition) is 1. The van der Waals surface area contributed by atoms with E-state index in [1.54, 1.807) is 11.9 Å². The third-order valence-corrected chi connectivity index (χ3v) is 4.73. The number of ether oxygens (including phenoxy) is 1. The van der Waals surface area contributed by atoms with E-state index < -0.39 is 30.2 Å². The quantitative estimate of drug-likeness (QED) is 0.776. The number of esters is 1. The number of benzene rings is 1. The maximum atomic E-state index is 12.5. The monoisotopic (exact) mass is 371 g/mol. The molecule has 8 heteroatoms. The fraction of sp³-hybridized carbons (Fsp3) is 0.368. The summed E-state index contributed by atoms with van der Waals surface area (Å²) in [5.74, 6) is -1.09.